The zero-order valence-corrected chi connectivity index (χ0v) is 15.0. The van der Waals surface area contributed by atoms with Crippen LogP contribution in [0.5, 0.6) is 0 Å². The highest BCUT2D eigenvalue weighted by Gasteiger charge is 2.26. The van der Waals surface area contributed by atoms with E-state index in [0.29, 0.717) is 5.69 Å². The van der Waals surface area contributed by atoms with Crippen molar-refractivity contribution in [1.29, 1.82) is 0 Å². The molecule has 1 aliphatic heterocycles. The molecule has 3 rings (SSSR count). The molecule has 1 aliphatic rings. The maximum absolute atomic E-state index is 12.7. The number of nitrogens with zero attached hydrogens (tertiary/aromatic N) is 1. The van der Waals surface area contributed by atoms with Crippen LogP contribution >= 0.6 is 0 Å². The maximum atomic E-state index is 12.7. The number of carbonyl (C=O) groups excluding carboxylic acids is 1. The van der Waals surface area contributed by atoms with Crippen molar-refractivity contribution in [3.05, 3.63) is 52.6 Å². The molecule has 0 fully saturated rings. The quantitative estimate of drug-likeness (QED) is 0.931. The highest BCUT2D eigenvalue weighted by Crippen LogP contribution is 2.31. The summed E-state index contributed by atoms with van der Waals surface area (Å²) in [6.07, 6.45) is 0.234. The second-order valence-electron chi connectivity index (χ2n) is 6.28. The van der Waals surface area contributed by atoms with E-state index in [1.165, 1.54) is 6.07 Å². The Morgan fingerprint density at radius 3 is 2.38 bits per heavy atom. The van der Waals surface area contributed by atoms with Crippen LogP contribution in [0.2, 0.25) is 0 Å². The molecular formula is C18H20N2O3S. The molecule has 2 aromatic rings. The largest absolute Gasteiger partial charge is 0.315 e. The maximum Gasteiger partial charge on any atom is 0.261 e. The lowest BCUT2D eigenvalue weighted by molar-refractivity contribution is -0.117. The minimum atomic E-state index is -3.70. The van der Waals surface area contributed by atoms with E-state index in [0.717, 1.165) is 27.9 Å². The molecule has 5 nitrogen and oxygen atoms in total. The first-order valence-corrected chi connectivity index (χ1v) is 9.17. The Labute approximate surface area is 142 Å². The summed E-state index contributed by atoms with van der Waals surface area (Å²) in [7, 11) is -2.01. The molecule has 1 heterocycles. The molecule has 1 N–H and O–H groups in total. The average Bonchev–Trinajstić information content (AvgIpc) is 2.79. The molecule has 0 aromatic heterocycles. The van der Waals surface area contributed by atoms with Crippen molar-refractivity contribution >= 4 is 27.3 Å². The molecule has 0 bridgehead atoms. The van der Waals surface area contributed by atoms with Gasteiger partial charge in [-0.25, -0.2) is 8.42 Å². The van der Waals surface area contributed by atoms with Gasteiger partial charge < -0.3 is 4.90 Å². The Bertz CT molecular complexity index is 949. The third-order valence-electron chi connectivity index (χ3n) is 4.52. The summed E-state index contributed by atoms with van der Waals surface area (Å²) in [5.74, 6) is -0.0301. The predicted molar refractivity (Wildman–Crippen MR) is 95.0 cm³/mol. The fourth-order valence-corrected chi connectivity index (χ4v) is 4.06. The van der Waals surface area contributed by atoms with Crippen molar-refractivity contribution in [2.45, 2.75) is 32.1 Å². The monoisotopic (exact) mass is 344 g/mol. The van der Waals surface area contributed by atoms with E-state index in [4.69, 9.17) is 0 Å². The lowest BCUT2D eigenvalue weighted by Gasteiger charge is -2.14. The molecule has 0 saturated heterocycles. The van der Waals surface area contributed by atoms with Gasteiger partial charge in [0.1, 0.15) is 0 Å². The van der Waals surface area contributed by atoms with Crippen molar-refractivity contribution < 1.29 is 13.2 Å². The fourth-order valence-electron chi connectivity index (χ4n) is 2.89. The molecule has 0 unspecified atom stereocenters. The fraction of sp³-hybridized carbons (Fsp3) is 0.278. The molecule has 2 aromatic carbocycles. The second-order valence-corrected chi connectivity index (χ2v) is 7.96. The standard InChI is InChI=1S/C18H20N2O3S/c1-11-7-13(3)16(8-12(11)2)19-24(22,23)15-5-6-17-14(9-15)10-18(21)20(17)4/h5-9,19H,10H2,1-4H3. The summed E-state index contributed by atoms with van der Waals surface area (Å²) in [5, 5.41) is 0. The van der Waals surface area contributed by atoms with Gasteiger partial charge in [-0.3, -0.25) is 9.52 Å². The number of nitrogens with one attached hydrogen (secondary N) is 1. The molecule has 0 saturated carbocycles. The van der Waals surface area contributed by atoms with Gasteiger partial charge in [0.25, 0.3) is 10.0 Å². The van der Waals surface area contributed by atoms with E-state index in [1.54, 1.807) is 24.1 Å². The van der Waals surface area contributed by atoms with Crippen LogP contribution < -0.4 is 9.62 Å². The Hall–Kier alpha value is -2.34. The lowest BCUT2D eigenvalue weighted by Crippen LogP contribution is -2.20. The molecular weight excluding hydrogens is 324 g/mol. The topological polar surface area (TPSA) is 66.5 Å². The molecule has 0 spiro atoms. The number of carbonyl (C=O) groups is 1. The third-order valence-corrected chi connectivity index (χ3v) is 5.89. The average molecular weight is 344 g/mol. The number of sulfonamides is 1. The van der Waals surface area contributed by atoms with Crippen LogP contribution in [0.1, 0.15) is 22.3 Å². The van der Waals surface area contributed by atoms with E-state index in [1.807, 2.05) is 32.9 Å². The van der Waals surface area contributed by atoms with Crippen molar-refractivity contribution in [2.24, 2.45) is 0 Å². The van der Waals surface area contributed by atoms with Crippen molar-refractivity contribution in [3.8, 4) is 0 Å². The van der Waals surface area contributed by atoms with Gasteiger partial charge in [-0.1, -0.05) is 6.07 Å². The van der Waals surface area contributed by atoms with E-state index in [2.05, 4.69) is 4.72 Å². The van der Waals surface area contributed by atoms with Crippen LogP contribution in [-0.2, 0) is 21.2 Å². The summed E-state index contributed by atoms with van der Waals surface area (Å²) in [6, 6.07) is 8.60. The van der Waals surface area contributed by atoms with Gasteiger partial charge in [-0.2, -0.15) is 0 Å². The highest BCUT2D eigenvalue weighted by atomic mass is 32.2. The molecule has 6 heteroatoms. The number of anilines is 2. The van der Waals surface area contributed by atoms with Crippen molar-refractivity contribution in [2.75, 3.05) is 16.7 Å². The summed E-state index contributed by atoms with van der Waals surface area (Å²) in [6.45, 7) is 5.82. The van der Waals surface area contributed by atoms with Crippen LogP contribution in [-0.4, -0.2) is 21.4 Å². The van der Waals surface area contributed by atoms with Crippen molar-refractivity contribution in [1.82, 2.24) is 0 Å². The summed E-state index contributed by atoms with van der Waals surface area (Å²) in [5.41, 5.74) is 5.10. The van der Waals surface area contributed by atoms with Crippen LogP contribution in [0.15, 0.2) is 35.2 Å². The van der Waals surface area contributed by atoms with Crippen LogP contribution in [0.3, 0.4) is 0 Å². The predicted octanol–water partition coefficient (Wildman–Crippen LogP) is 2.93. The minimum Gasteiger partial charge on any atom is -0.315 e. The van der Waals surface area contributed by atoms with E-state index >= 15 is 0 Å². The molecule has 126 valence electrons. The third kappa shape index (κ3) is 2.78. The Balaban J connectivity index is 1.97. The highest BCUT2D eigenvalue weighted by molar-refractivity contribution is 7.92. The zero-order valence-electron chi connectivity index (χ0n) is 14.2. The molecule has 0 radical (unpaired) electrons. The first-order chi connectivity index (χ1) is 11.2. The number of amides is 1. The van der Waals surface area contributed by atoms with Gasteiger partial charge in [0.15, 0.2) is 0 Å². The van der Waals surface area contributed by atoms with Gasteiger partial charge in [0.2, 0.25) is 5.91 Å². The lowest BCUT2D eigenvalue weighted by atomic mass is 10.1. The summed E-state index contributed by atoms with van der Waals surface area (Å²) in [4.78, 5) is 13.5. The van der Waals surface area contributed by atoms with Crippen molar-refractivity contribution in [3.63, 3.8) is 0 Å². The summed E-state index contributed by atoms with van der Waals surface area (Å²) >= 11 is 0. The first kappa shape index (κ1) is 16.5. The van der Waals surface area contributed by atoms with Gasteiger partial charge in [-0.05, 0) is 67.3 Å². The number of hydrogen-bond acceptors (Lipinski definition) is 3. The van der Waals surface area contributed by atoms with Gasteiger partial charge in [0, 0.05) is 12.7 Å². The summed E-state index contributed by atoms with van der Waals surface area (Å²) < 4.78 is 28.1. The SMILES string of the molecule is Cc1cc(C)c(NS(=O)(=O)c2ccc3c(c2)CC(=O)N3C)cc1C. The van der Waals surface area contributed by atoms with Crippen LogP contribution in [0.25, 0.3) is 0 Å². The number of hydrogen-bond donors (Lipinski definition) is 1. The number of fused-ring (bicyclic) bond motifs is 1. The molecule has 24 heavy (non-hydrogen) atoms. The van der Waals surface area contributed by atoms with Crippen LogP contribution in [0, 0.1) is 20.8 Å². The van der Waals surface area contributed by atoms with Gasteiger partial charge >= 0.3 is 0 Å². The Kier molecular flexibility index (Phi) is 3.87. The number of likely N-dealkylation sites (N-methyl/N-ethyl adjacent to an activating group) is 1. The zero-order chi connectivity index (χ0) is 17.6. The number of benzene rings is 2. The van der Waals surface area contributed by atoms with Gasteiger partial charge in [-0.15, -0.1) is 0 Å². The minimum absolute atomic E-state index is 0.0301. The normalized spacial score (nSPS) is 14.0. The number of rotatable bonds is 3. The van der Waals surface area contributed by atoms with E-state index < -0.39 is 10.0 Å². The smallest absolute Gasteiger partial charge is 0.261 e. The van der Waals surface area contributed by atoms with Crippen LogP contribution in [0.4, 0.5) is 11.4 Å². The van der Waals surface area contributed by atoms with E-state index in [9.17, 15) is 13.2 Å². The Morgan fingerprint density at radius 1 is 1.00 bits per heavy atom. The second kappa shape index (κ2) is 5.63. The molecule has 0 aliphatic carbocycles. The van der Waals surface area contributed by atoms with Gasteiger partial charge in [0.05, 0.1) is 17.0 Å². The first-order valence-electron chi connectivity index (χ1n) is 7.69. The molecule has 0 atom stereocenters. The number of aryl methyl sites for hydroxylation is 3. The Morgan fingerprint density at radius 2 is 1.67 bits per heavy atom. The molecule has 1 amide bonds. The van der Waals surface area contributed by atoms with E-state index in [-0.39, 0.29) is 17.2 Å².